The Morgan fingerprint density at radius 3 is 2.44 bits per heavy atom. The van der Waals surface area contributed by atoms with Crippen LogP contribution < -0.4 is 5.32 Å². The third-order valence-corrected chi connectivity index (χ3v) is 2.53. The molecule has 1 heterocycles. The van der Waals surface area contributed by atoms with Crippen LogP contribution in [0.3, 0.4) is 0 Å². The number of nitrogens with one attached hydrogen (secondary N) is 1. The van der Waals surface area contributed by atoms with Crippen molar-refractivity contribution in [2.45, 2.75) is 18.1 Å². The van der Waals surface area contributed by atoms with E-state index in [0.717, 1.165) is 0 Å². The first-order valence-electron chi connectivity index (χ1n) is 4.38. The van der Waals surface area contributed by atoms with E-state index in [1.54, 1.807) is 5.32 Å². The zero-order chi connectivity index (χ0) is 12.4. The molecule has 0 saturated carbocycles. The molecule has 0 aromatic heterocycles. The maximum absolute atomic E-state index is 12.0. The van der Waals surface area contributed by atoms with Crippen LogP contribution in [0.15, 0.2) is 0 Å². The Hall–Kier alpha value is -0.820. The minimum Gasteiger partial charge on any atom is -0.378 e. The highest BCUT2D eigenvalue weighted by Crippen LogP contribution is 2.23. The highest BCUT2D eigenvalue weighted by molar-refractivity contribution is 6.29. The van der Waals surface area contributed by atoms with Gasteiger partial charge in [0.25, 0.3) is 0 Å². The number of hydrogen-bond donors (Lipinski definition) is 1. The van der Waals surface area contributed by atoms with E-state index in [1.807, 2.05) is 0 Å². The Morgan fingerprint density at radius 2 is 2.06 bits per heavy atom. The maximum Gasteiger partial charge on any atom is 0.471 e. The predicted octanol–water partition coefficient (Wildman–Crippen LogP) is 0.632. The van der Waals surface area contributed by atoms with Crippen molar-refractivity contribution in [1.82, 2.24) is 5.32 Å². The number of hydrogen-bond acceptors (Lipinski definition) is 3. The van der Waals surface area contributed by atoms with Crippen molar-refractivity contribution in [2.75, 3.05) is 19.1 Å². The van der Waals surface area contributed by atoms with E-state index in [-0.39, 0.29) is 19.6 Å². The average Bonchev–Trinajstić information content (AvgIpc) is 2.65. The van der Waals surface area contributed by atoms with Gasteiger partial charge in [-0.3, -0.25) is 9.59 Å². The number of carbonyl (C=O) groups is 2. The van der Waals surface area contributed by atoms with Gasteiger partial charge < -0.3 is 10.1 Å². The summed E-state index contributed by atoms with van der Waals surface area (Å²) in [7, 11) is 0. The van der Waals surface area contributed by atoms with Crippen LogP contribution in [0.5, 0.6) is 0 Å². The monoisotopic (exact) mass is 259 g/mol. The molecule has 1 atom stereocenters. The van der Waals surface area contributed by atoms with Crippen molar-refractivity contribution < 1.29 is 27.5 Å². The van der Waals surface area contributed by atoms with Crippen molar-refractivity contribution in [3.05, 3.63) is 0 Å². The van der Waals surface area contributed by atoms with Gasteiger partial charge in [0.2, 0.25) is 0 Å². The first kappa shape index (κ1) is 13.2. The van der Waals surface area contributed by atoms with Gasteiger partial charge in [0.05, 0.1) is 12.5 Å². The Kier molecular flexibility index (Phi) is 3.80. The first-order valence-corrected chi connectivity index (χ1v) is 4.91. The zero-order valence-electron chi connectivity index (χ0n) is 8.07. The molecular formula is C8H9ClF3NO3. The third kappa shape index (κ3) is 2.65. The molecule has 0 aliphatic carbocycles. The fourth-order valence-corrected chi connectivity index (χ4v) is 1.63. The number of ketones is 1. The molecule has 1 unspecified atom stereocenters. The molecule has 1 aliphatic rings. The number of rotatable bonds is 3. The van der Waals surface area contributed by atoms with Gasteiger partial charge in [-0.05, 0) is 0 Å². The Balaban J connectivity index is 2.81. The molecule has 16 heavy (non-hydrogen) atoms. The van der Waals surface area contributed by atoms with Crippen LogP contribution in [0.25, 0.3) is 0 Å². The molecule has 0 radical (unpaired) electrons. The van der Waals surface area contributed by atoms with E-state index < -0.39 is 29.3 Å². The number of ether oxygens (including phenoxy) is 1. The van der Waals surface area contributed by atoms with E-state index >= 15 is 0 Å². The molecule has 0 aromatic rings. The van der Waals surface area contributed by atoms with E-state index in [0.29, 0.717) is 0 Å². The molecule has 1 amide bonds. The molecule has 1 N–H and O–H groups in total. The second-order valence-electron chi connectivity index (χ2n) is 3.39. The van der Waals surface area contributed by atoms with Crippen molar-refractivity contribution >= 4 is 23.3 Å². The van der Waals surface area contributed by atoms with Crippen LogP contribution in [0.4, 0.5) is 13.2 Å². The van der Waals surface area contributed by atoms with Gasteiger partial charge >= 0.3 is 12.1 Å². The normalized spacial score (nSPS) is 25.5. The van der Waals surface area contributed by atoms with Crippen LogP contribution in [0.2, 0.25) is 0 Å². The average molecular weight is 260 g/mol. The van der Waals surface area contributed by atoms with E-state index in [2.05, 4.69) is 0 Å². The summed E-state index contributed by atoms with van der Waals surface area (Å²) in [6, 6.07) is 0. The lowest BCUT2D eigenvalue weighted by Gasteiger charge is -2.26. The fraction of sp³-hybridized carbons (Fsp3) is 0.750. The number of Topliss-reactive ketones (excluding diaryl/α,β-unsaturated/α-hetero) is 1. The van der Waals surface area contributed by atoms with E-state index in [1.165, 1.54) is 0 Å². The topological polar surface area (TPSA) is 55.4 Å². The number of amides is 1. The summed E-state index contributed by atoms with van der Waals surface area (Å²) in [5.74, 6) is -3.30. The van der Waals surface area contributed by atoms with Gasteiger partial charge in [-0.2, -0.15) is 13.2 Å². The summed E-state index contributed by atoms with van der Waals surface area (Å²) in [5.41, 5.74) is -1.63. The lowest BCUT2D eigenvalue weighted by Crippen LogP contribution is -2.58. The van der Waals surface area contributed by atoms with Crippen LogP contribution >= 0.6 is 11.6 Å². The van der Waals surface area contributed by atoms with Gasteiger partial charge in [0.15, 0.2) is 5.78 Å². The quantitative estimate of drug-likeness (QED) is 0.757. The summed E-state index contributed by atoms with van der Waals surface area (Å²) in [4.78, 5) is 22.2. The van der Waals surface area contributed by atoms with Crippen LogP contribution in [0, 0.1) is 0 Å². The molecule has 4 nitrogen and oxygen atoms in total. The first-order chi connectivity index (χ1) is 7.32. The lowest BCUT2D eigenvalue weighted by molar-refractivity contribution is -0.176. The minimum atomic E-state index is -5.03. The van der Waals surface area contributed by atoms with E-state index in [9.17, 15) is 22.8 Å². The molecule has 1 fully saturated rings. The summed E-state index contributed by atoms with van der Waals surface area (Å²) in [5, 5.41) is 1.66. The molecule has 92 valence electrons. The Labute approximate surface area is 94.1 Å². The Morgan fingerprint density at radius 1 is 1.44 bits per heavy atom. The van der Waals surface area contributed by atoms with Gasteiger partial charge in [-0.1, -0.05) is 0 Å². The largest absolute Gasteiger partial charge is 0.471 e. The predicted molar refractivity (Wildman–Crippen MR) is 48.1 cm³/mol. The maximum atomic E-state index is 12.0. The van der Waals surface area contributed by atoms with Gasteiger partial charge in [-0.25, -0.2) is 0 Å². The number of alkyl halides is 4. The van der Waals surface area contributed by atoms with Crippen LogP contribution in [0.1, 0.15) is 6.42 Å². The summed E-state index contributed by atoms with van der Waals surface area (Å²) in [6.07, 6.45) is -5.03. The van der Waals surface area contributed by atoms with Gasteiger partial charge in [-0.15, -0.1) is 11.6 Å². The molecule has 0 aromatic carbocycles. The van der Waals surface area contributed by atoms with E-state index in [4.69, 9.17) is 16.3 Å². The van der Waals surface area contributed by atoms with Gasteiger partial charge in [0.1, 0.15) is 5.54 Å². The smallest absolute Gasteiger partial charge is 0.378 e. The third-order valence-electron chi connectivity index (χ3n) is 2.29. The number of carbonyl (C=O) groups excluding carboxylic acids is 2. The van der Waals surface area contributed by atoms with Crippen LogP contribution in [-0.4, -0.2) is 42.5 Å². The van der Waals surface area contributed by atoms with Crippen molar-refractivity contribution in [3.63, 3.8) is 0 Å². The highest BCUT2D eigenvalue weighted by atomic mass is 35.5. The Bertz CT molecular complexity index is 299. The lowest BCUT2D eigenvalue weighted by atomic mass is 9.94. The SMILES string of the molecule is O=C(NC1(C(=O)CCl)CCOC1)C(F)(F)F. The summed E-state index contributed by atoms with van der Waals surface area (Å²) in [6.45, 7) is -0.166. The van der Waals surface area contributed by atoms with Crippen molar-refractivity contribution in [3.8, 4) is 0 Å². The molecular weight excluding hydrogens is 251 g/mol. The second kappa shape index (κ2) is 4.58. The highest BCUT2D eigenvalue weighted by Gasteiger charge is 2.48. The minimum absolute atomic E-state index is 0.000370. The zero-order valence-corrected chi connectivity index (χ0v) is 8.82. The summed E-state index contributed by atoms with van der Waals surface area (Å²) < 4.78 is 41.0. The molecule has 0 bridgehead atoms. The second-order valence-corrected chi connectivity index (χ2v) is 3.66. The molecule has 8 heteroatoms. The molecule has 0 spiro atoms. The number of halogens is 4. The molecule has 1 rings (SSSR count). The standard InChI is InChI=1S/C8H9ClF3NO3/c9-3-5(14)7(1-2-16-4-7)13-6(15)8(10,11)12/h1-4H2,(H,13,15). The van der Waals surface area contributed by atoms with Gasteiger partial charge in [0, 0.05) is 13.0 Å². The molecule has 1 aliphatic heterocycles. The van der Waals surface area contributed by atoms with Crippen molar-refractivity contribution in [1.29, 1.82) is 0 Å². The fourth-order valence-electron chi connectivity index (χ4n) is 1.37. The van der Waals surface area contributed by atoms with Crippen molar-refractivity contribution in [2.24, 2.45) is 0 Å². The summed E-state index contributed by atoms with van der Waals surface area (Å²) >= 11 is 5.28. The molecule has 1 saturated heterocycles. The van der Waals surface area contributed by atoms with Crippen LogP contribution in [-0.2, 0) is 14.3 Å².